The Bertz CT molecular complexity index is 328. The first kappa shape index (κ1) is 14.3. The van der Waals surface area contributed by atoms with Gasteiger partial charge in [-0.25, -0.2) is 5.06 Å². The van der Waals surface area contributed by atoms with Gasteiger partial charge in [-0.15, -0.1) is 0 Å². The van der Waals surface area contributed by atoms with Gasteiger partial charge in [0.2, 0.25) is 5.91 Å². The van der Waals surface area contributed by atoms with Crippen LogP contribution < -0.4 is 0 Å². The molecule has 5 nitrogen and oxygen atoms in total. The number of rotatable bonds is 3. The van der Waals surface area contributed by atoms with E-state index in [-0.39, 0.29) is 12.3 Å². The third-order valence-corrected chi connectivity index (χ3v) is 4.28. The Hall–Kier alpha value is -1.10. The molecular formula is C14H23NO4. The van der Waals surface area contributed by atoms with Crippen LogP contribution in [0.3, 0.4) is 0 Å². The summed E-state index contributed by atoms with van der Waals surface area (Å²) in [5, 5.41) is 10.9. The third kappa shape index (κ3) is 3.47. The zero-order chi connectivity index (χ0) is 13.7. The minimum Gasteiger partial charge on any atom is -0.481 e. The number of hydroxylamine groups is 2. The van der Waals surface area contributed by atoms with Gasteiger partial charge in [0.05, 0.1) is 12.0 Å². The van der Waals surface area contributed by atoms with Gasteiger partial charge in [-0.3, -0.25) is 14.4 Å². The molecule has 1 aliphatic heterocycles. The fraction of sp³-hybridized carbons (Fsp3) is 0.857. The number of amides is 1. The summed E-state index contributed by atoms with van der Waals surface area (Å²) in [6.07, 6.45) is 7.17. The lowest BCUT2D eigenvalue weighted by Gasteiger charge is -2.32. The average Bonchev–Trinajstić information content (AvgIpc) is 2.66. The van der Waals surface area contributed by atoms with Crippen molar-refractivity contribution in [3.63, 3.8) is 0 Å². The Morgan fingerprint density at radius 1 is 1.05 bits per heavy atom. The highest BCUT2D eigenvalue weighted by atomic mass is 16.7. The van der Waals surface area contributed by atoms with Gasteiger partial charge in [0, 0.05) is 13.0 Å². The summed E-state index contributed by atoms with van der Waals surface area (Å²) in [5.41, 5.74) is -0.867. The molecule has 0 radical (unpaired) electrons. The van der Waals surface area contributed by atoms with Gasteiger partial charge >= 0.3 is 5.97 Å². The molecule has 0 aromatic rings. The van der Waals surface area contributed by atoms with E-state index >= 15 is 0 Å². The number of hydrogen-bond acceptors (Lipinski definition) is 3. The first-order chi connectivity index (χ1) is 9.14. The van der Waals surface area contributed by atoms with Crippen molar-refractivity contribution in [2.45, 2.75) is 57.8 Å². The molecule has 5 heteroatoms. The highest BCUT2D eigenvalue weighted by molar-refractivity contribution is 5.84. The van der Waals surface area contributed by atoms with Crippen molar-refractivity contribution in [2.75, 3.05) is 13.2 Å². The summed E-state index contributed by atoms with van der Waals surface area (Å²) in [6, 6.07) is 0. The van der Waals surface area contributed by atoms with Crippen LogP contribution in [0.25, 0.3) is 0 Å². The van der Waals surface area contributed by atoms with Gasteiger partial charge in [-0.1, -0.05) is 25.7 Å². The fourth-order valence-corrected chi connectivity index (χ4v) is 3.04. The van der Waals surface area contributed by atoms with Crippen molar-refractivity contribution in [1.82, 2.24) is 5.06 Å². The van der Waals surface area contributed by atoms with E-state index in [0.717, 1.165) is 38.5 Å². The van der Waals surface area contributed by atoms with Gasteiger partial charge in [0.25, 0.3) is 0 Å². The molecule has 1 saturated carbocycles. The molecule has 108 valence electrons. The van der Waals surface area contributed by atoms with Gasteiger partial charge in [-0.2, -0.15) is 0 Å². The average molecular weight is 269 g/mol. The second kappa shape index (κ2) is 6.37. The highest BCUT2D eigenvalue weighted by Gasteiger charge is 2.41. The second-order valence-electron chi connectivity index (χ2n) is 5.71. The van der Waals surface area contributed by atoms with E-state index in [1.807, 2.05) is 0 Å². The highest BCUT2D eigenvalue weighted by Crippen LogP contribution is 2.39. The van der Waals surface area contributed by atoms with Gasteiger partial charge < -0.3 is 5.11 Å². The lowest BCUT2D eigenvalue weighted by atomic mass is 9.77. The number of nitrogens with zero attached hydrogens (tertiary/aromatic N) is 1. The molecule has 2 fully saturated rings. The van der Waals surface area contributed by atoms with E-state index in [1.54, 1.807) is 0 Å². The van der Waals surface area contributed by atoms with Crippen LogP contribution in [0.4, 0.5) is 0 Å². The van der Waals surface area contributed by atoms with E-state index in [2.05, 4.69) is 0 Å². The van der Waals surface area contributed by atoms with E-state index < -0.39 is 11.4 Å². The lowest BCUT2D eigenvalue weighted by molar-refractivity contribution is -0.200. The number of carboxylic acids is 1. The fourth-order valence-electron chi connectivity index (χ4n) is 3.04. The number of carbonyl (C=O) groups is 2. The van der Waals surface area contributed by atoms with Crippen molar-refractivity contribution in [1.29, 1.82) is 0 Å². The zero-order valence-corrected chi connectivity index (χ0v) is 11.4. The molecule has 1 amide bonds. The van der Waals surface area contributed by atoms with Crippen molar-refractivity contribution < 1.29 is 19.5 Å². The van der Waals surface area contributed by atoms with Crippen LogP contribution in [0, 0.1) is 5.41 Å². The number of hydrogen-bond donors (Lipinski definition) is 1. The van der Waals surface area contributed by atoms with E-state index in [4.69, 9.17) is 4.84 Å². The van der Waals surface area contributed by atoms with Crippen LogP contribution in [0.1, 0.15) is 57.8 Å². The molecule has 2 aliphatic rings. The number of carbonyl (C=O) groups excluding carboxylic acids is 1. The minimum atomic E-state index is -0.867. The molecule has 1 saturated heterocycles. The first-order valence-corrected chi connectivity index (χ1v) is 7.31. The smallest absolute Gasteiger partial charge is 0.310 e. The van der Waals surface area contributed by atoms with E-state index in [1.165, 1.54) is 5.06 Å². The largest absolute Gasteiger partial charge is 0.481 e. The normalized spacial score (nSPS) is 23.7. The molecule has 0 spiro atoms. The summed E-state index contributed by atoms with van der Waals surface area (Å²) in [5.74, 6) is -0.983. The SMILES string of the molecule is O=C(CC1(C(=O)O)CCCCCC1)N1CCCCO1. The van der Waals surface area contributed by atoms with Crippen molar-refractivity contribution >= 4 is 11.9 Å². The molecule has 19 heavy (non-hydrogen) atoms. The summed E-state index contributed by atoms with van der Waals surface area (Å²) in [6.45, 7) is 1.15. The predicted octanol–water partition coefficient (Wildman–Crippen LogP) is 2.36. The quantitative estimate of drug-likeness (QED) is 0.799. The molecule has 1 N–H and O–H groups in total. The summed E-state index contributed by atoms with van der Waals surface area (Å²) < 4.78 is 0. The van der Waals surface area contributed by atoms with Gasteiger partial charge in [0.1, 0.15) is 0 Å². The van der Waals surface area contributed by atoms with Crippen LogP contribution in [0.15, 0.2) is 0 Å². The molecule has 1 aliphatic carbocycles. The van der Waals surface area contributed by atoms with E-state index in [9.17, 15) is 14.7 Å². The third-order valence-electron chi connectivity index (χ3n) is 4.28. The van der Waals surface area contributed by atoms with Crippen molar-refractivity contribution in [3.8, 4) is 0 Å². The topological polar surface area (TPSA) is 66.8 Å². The molecular weight excluding hydrogens is 246 g/mol. The Morgan fingerprint density at radius 3 is 2.26 bits per heavy atom. The maximum Gasteiger partial charge on any atom is 0.310 e. The monoisotopic (exact) mass is 269 g/mol. The molecule has 0 atom stereocenters. The first-order valence-electron chi connectivity index (χ1n) is 7.31. The molecule has 0 aromatic heterocycles. The second-order valence-corrected chi connectivity index (χ2v) is 5.71. The predicted molar refractivity (Wildman–Crippen MR) is 69.3 cm³/mol. The molecule has 0 aromatic carbocycles. The number of aliphatic carboxylic acids is 1. The van der Waals surface area contributed by atoms with E-state index in [0.29, 0.717) is 26.0 Å². The lowest BCUT2D eigenvalue weighted by Crippen LogP contribution is -2.41. The summed E-state index contributed by atoms with van der Waals surface area (Å²) in [7, 11) is 0. The van der Waals surface area contributed by atoms with Crippen LogP contribution in [0.2, 0.25) is 0 Å². The Balaban J connectivity index is 2.02. The van der Waals surface area contributed by atoms with Crippen LogP contribution in [-0.2, 0) is 14.4 Å². The zero-order valence-electron chi connectivity index (χ0n) is 11.4. The summed E-state index contributed by atoms with van der Waals surface area (Å²) >= 11 is 0. The minimum absolute atomic E-state index is 0.0856. The summed E-state index contributed by atoms with van der Waals surface area (Å²) in [4.78, 5) is 29.2. The van der Waals surface area contributed by atoms with Crippen molar-refractivity contribution in [3.05, 3.63) is 0 Å². The molecule has 2 rings (SSSR count). The Morgan fingerprint density at radius 2 is 1.74 bits per heavy atom. The maximum absolute atomic E-state index is 12.2. The molecule has 0 bridgehead atoms. The van der Waals surface area contributed by atoms with Crippen LogP contribution in [0.5, 0.6) is 0 Å². The van der Waals surface area contributed by atoms with Crippen LogP contribution >= 0.6 is 0 Å². The molecule has 0 unspecified atom stereocenters. The maximum atomic E-state index is 12.2. The van der Waals surface area contributed by atoms with Crippen LogP contribution in [-0.4, -0.2) is 35.2 Å². The van der Waals surface area contributed by atoms with Crippen molar-refractivity contribution in [2.24, 2.45) is 5.41 Å². The van der Waals surface area contributed by atoms with Gasteiger partial charge in [-0.05, 0) is 25.7 Å². The number of carboxylic acid groups (broad SMARTS) is 1. The Kier molecular flexibility index (Phi) is 4.80. The standard InChI is InChI=1S/C14H23NO4/c16-12(15-9-5-6-10-19-15)11-14(13(17)18)7-3-1-2-4-8-14/h1-11H2,(H,17,18). The molecule has 1 heterocycles. The van der Waals surface area contributed by atoms with Gasteiger partial charge in [0.15, 0.2) is 0 Å². The Labute approximate surface area is 113 Å².